The first-order valence-corrected chi connectivity index (χ1v) is 7.32. The Morgan fingerprint density at radius 2 is 2.32 bits per heavy atom. The highest BCUT2D eigenvalue weighted by molar-refractivity contribution is 9.10. The molecule has 0 saturated carbocycles. The third-order valence-corrected chi connectivity index (χ3v) is 4.41. The van der Waals surface area contributed by atoms with Gasteiger partial charge in [0.15, 0.2) is 0 Å². The molecule has 1 aromatic carbocycles. The molecule has 2 N–H and O–H groups in total. The highest BCUT2D eigenvalue weighted by Gasteiger charge is 2.28. The molecule has 1 fully saturated rings. The number of carbonyl (C=O) groups excluding carboxylic acids is 1. The van der Waals surface area contributed by atoms with Gasteiger partial charge >= 0.3 is 0 Å². The number of carbonyl (C=O) groups is 1. The lowest BCUT2D eigenvalue weighted by Gasteiger charge is -2.36. The summed E-state index contributed by atoms with van der Waals surface area (Å²) in [6.45, 7) is 3.39. The average molecular weight is 329 g/mol. The first kappa shape index (κ1) is 14.5. The van der Waals surface area contributed by atoms with Crippen LogP contribution in [0.2, 0.25) is 0 Å². The molecule has 0 bridgehead atoms. The molecule has 2 rings (SSSR count). The highest BCUT2D eigenvalue weighted by atomic mass is 79.9. The Morgan fingerprint density at radius 3 is 2.95 bits per heavy atom. The van der Waals surface area contributed by atoms with E-state index in [1.807, 2.05) is 0 Å². The van der Waals surface area contributed by atoms with Crippen LogP contribution in [0.1, 0.15) is 30.1 Å². The SMILES string of the molecule is CCC1CN(C(=O)c2ccc(Br)c(F)c2)CCC1N. The molecule has 19 heavy (non-hydrogen) atoms. The molecule has 2 unspecified atom stereocenters. The molecule has 1 aromatic rings. The van der Waals surface area contributed by atoms with Crippen LogP contribution in [0.4, 0.5) is 4.39 Å². The average Bonchev–Trinajstić information content (AvgIpc) is 2.41. The number of hydrogen-bond donors (Lipinski definition) is 1. The van der Waals surface area contributed by atoms with Gasteiger partial charge in [0.2, 0.25) is 0 Å². The van der Waals surface area contributed by atoms with Crippen LogP contribution in [0.25, 0.3) is 0 Å². The van der Waals surface area contributed by atoms with Crippen molar-refractivity contribution in [1.82, 2.24) is 4.90 Å². The van der Waals surface area contributed by atoms with E-state index >= 15 is 0 Å². The van der Waals surface area contributed by atoms with Gasteiger partial charge in [0, 0.05) is 24.7 Å². The normalized spacial score (nSPS) is 23.5. The van der Waals surface area contributed by atoms with Crippen LogP contribution < -0.4 is 5.73 Å². The smallest absolute Gasteiger partial charge is 0.253 e. The Morgan fingerprint density at radius 1 is 1.58 bits per heavy atom. The molecule has 0 spiro atoms. The van der Waals surface area contributed by atoms with Crippen molar-refractivity contribution in [3.63, 3.8) is 0 Å². The summed E-state index contributed by atoms with van der Waals surface area (Å²) in [7, 11) is 0. The maximum absolute atomic E-state index is 13.5. The summed E-state index contributed by atoms with van der Waals surface area (Å²) in [5.74, 6) is -0.193. The molecule has 1 aliphatic heterocycles. The molecule has 104 valence electrons. The molecule has 0 aliphatic carbocycles. The van der Waals surface area contributed by atoms with E-state index in [0.29, 0.717) is 29.0 Å². The predicted molar refractivity (Wildman–Crippen MR) is 76.4 cm³/mol. The number of piperidine rings is 1. The van der Waals surface area contributed by atoms with Crippen molar-refractivity contribution < 1.29 is 9.18 Å². The van der Waals surface area contributed by atoms with Gasteiger partial charge in [-0.3, -0.25) is 4.79 Å². The summed E-state index contributed by atoms with van der Waals surface area (Å²) in [5, 5.41) is 0. The Labute approximate surface area is 121 Å². The van der Waals surface area contributed by atoms with E-state index in [1.165, 1.54) is 6.07 Å². The van der Waals surface area contributed by atoms with Gasteiger partial charge < -0.3 is 10.6 Å². The predicted octanol–water partition coefficient (Wildman–Crippen LogP) is 2.79. The number of benzene rings is 1. The maximum Gasteiger partial charge on any atom is 0.253 e. The quantitative estimate of drug-likeness (QED) is 0.907. The van der Waals surface area contributed by atoms with Crippen molar-refractivity contribution in [3.05, 3.63) is 34.1 Å². The van der Waals surface area contributed by atoms with Crippen LogP contribution in [0, 0.1) is 11.7 Å². The van der Waals surface area contributed by atoms with E-state index < -0.39 is 5.82 Å². The molecule has 5 heteroatoms. The molecule has 3 nitrogen and oxygen atoms in total. The van der Waals surface area contributed by atoms with E-state index in [-0.39, 0.29) is 11.9 Å². The summed E-state index contributed by atoms with van der Waals surface area (Å²) in [6, 6.07) is 4.65. The van der Waals surface area contributed by atoms with Crippen LogP contribution in [-0.4, -0.2) is 29.9 Å². The van der Waals surface area contributed by atoms with Gasteiger partial charge in [-0.25, -0.2) is 4.39 Å². The van der Waals surface area contributed by atoms with Crippen molar-refractivity contribution in [1.29, 1.82) is 0 Å². The number of halogens is 2. The minimum Gasteiger partial charge on any atom is -0.338 e. The van der Waals surface area contributed by atoms with Crippen LogP contribution in [-0.2, 0) is 0 Å². The van der Waals surface area contributed by atoms with Crippen molar-refractivity contribution in [2.75, 3.05) is 13.1 Å². The fraction of sp³-hybridized carbons (Fsp3) is 0.500. The minimum absolute atomic E-state index is 0.114. The summed E-state index contributed by atoms with van der Waals surface area (Å²) in [4.78, 5) is 14.1. The zero-order chi connectivity index (χ0) is 14.0. The fourth-order valence-electron chi connectivity index (χ4n) is 2.48. The number of amides is 1. The second kappa shape index (κ2) is 6.01. The molecular weight excluding hydrogens is 311 g/mol. The van der Waals surface area contributed by atoms with Gasteiger partial charge in [-0.2, -0.15) is 0 Å². The summed E-state index contributed by atoms with van der Waals surface area (Å²) < 4.78 is 13.8. The molecule has 1 saturated heterocycles. The first-order chi connectivity index (χ1) is 9.02. The Balaban J connectivity index is 2.13. The van der Waals surface area contributed by atoms with E-state index in [9.17, 15) is 9.18 Å². The Bertz CT molecular complexity index is 481. The second-order valence-corrected chi connectivity index (χ2v) is 5.86. The summed E-state index contributed by atoms with van der Waals surface area (Å²) >= 11 is 3.09. The van der Waals surface area contributed by atoms with Crippen molar-refractivity contribution >= 4 is 21.8 Å². The number of nitrogens with two attached hydrogens (primary N) is 1. The van der Waals surface area contributed by atoms with E-state index in [4.69, 9.17) is 5.73 Å². The second-order valence-electron chi connectivity index (χ2n) is 5.00. The molecule has 0 radical (unpaired) electrons. The third kappa shape index (κ3) is 3.15. The van der Waals surface area contributed by atoms with Crippen molar-refractivity contribution in [3.8, 4) is 0 Å². The lowest BCUT2D eigenvalue weighted by Crippen LogP contribution is -2.49. The fourth-order valence-corrected chi connectivity index (χ4v) is 2.73. The van der Waals surface area contributed by atoms with Gasteiger partial charge in [0.25, 0.3) is 5.91 Å². The van der Waals surface area contributed by atoms with Gasteiger partial charge in [0.05, 0.1) is 4.47 Å². The molecule has 1 aliphatic rings. The van der Waals surface area contributed by atoms with Crippen LogP contribution in [0.3, 0.4) is 0 Å². The third-order valence-electron chi connectivity index (χ3n) is 3.77. The van der Waals surface area contributed by atoms with Gasteiger partial charge in [-0.15, -0.1) is 0 Å². The monoisotopic (exact) mass is 328 g/mol. The molecule has 0 aromatic heterocycles. The van der Waals surface area contributed by atoms with E-state index in [2.05, 4.69) is 22.9 Å². The first-order valence-electron chi connectivity index (χ1n) is 6.52. The van der Waals surface area contributed by atoms with Gasteiger partial charge in [-0.1, -0.05) is 13.3 Å². The maximum atomic E-state index is 13.5. The molecule has 1 amide bonds. The minimum atomic E-state index is -0.411. The summed E-state index contributed by atoms with van der Waals surface area (Å²) in [6.07, 6.45) is 1.77. The highest BCUT2D eigenvalue weighted by Crippen LogP contribution is 2.22. The number of rotatable bonds is 2. The molecular formula is C14H18BrFN2O. The number of hydrogen-bond acceptors (Lipinski definition) is 2. The number of nitrogens with zero attached hydrogens (tertiary/aromatic N) is 1. The topological polar surface area (TPSA) is 46.3 Å². The molecule has 1 heterocycles. The lowest BCUT2D eigenvalue weighted by atomic mass is 9.90. The van der Waals surface area contributed by atoms with E-state index in [1.54, 1.807) is 17.0 Å². The van der Waals surface area contributed by atoms with Crippen molar-refractivity contribution in [2.45, 2.75) is 25.8 Å². The van der Waals surface area contributed by atoms with Crippen LogP contribution >= 0.6 is 15.9 Å². The number of likely N-dealkylation sites (tertiary alicyclic amines) is 1. The lowest BCUT2D eigenvalue weighted by molar-refractivity contribution is 0.0648. The zero-order valence-electron chi connectivity index (χ0n) is 10.9. The standard InChI is InChI=1S/C14H18BrFN2O/c1-2-9-8-18(6-5-13(9)17)14(19)10-3-4-11(15)12(16)7-10/h3-4,7,9,13H,2,5-6,8,17H2,1H3. The zero-order valence-corrected chi connectivity index (χ0v) is 12.5. The Hall–Kier alpha value is -0.940. The Kier molecular flexibility index (Phi) is 4.58. The molecule has 2 atom stereocenters. The largest absolute Gasteiger partial charge is 0.338 e. The van der Waals surface area contributed by atoms with Crippen LogP contribution in [0.5, 0.6) is 0 Å². The van der Waals surface area contributed by atoms with Crippen molar-refractivity contribution in [2.24, 2.45) is 11.7 Å². The van der Waals surface area contributed by atoms with E-state index in [0.717, 1.165) is 12.8 Å². The van der Waals surface area contributed by atoms with Gasteiger partial charge in [-0.05, 0) is 46.5 Å². The van der Waals surface area contributed by atoms with Gasteiger partial charge in [0.1, 0.15) is 5.82 Å². The van der Waals surface area contributed by atoms with Crippen LogP contribution in [0.15, 0.2) is 22.7 Å². The summed E-state index contributed by atoms with van der Waals surface area (Å²) in [5.41, 5.74) is 6.42.